The lowest BCUT2D eigenvalue weighted by Gasteiger charge is -2.34. The van der Waals surface area contributed by atoms with Gasteiger partial charge in [-0.3, -0.25) is 49.0 Å². The van der Waals surface area contributed by atoms with Gasteiger partial charge in [0, 0.05) is 76.4 Å². The Morgan fingerprint density at radius 3 is 1.58 bits per heavy atom. The minimum atomic E-state index is -3.63. The zero-order chi connectivity index (χ0) is 48.3. The smallest absolute Gasteiger partial charge is 0.414 e. The predicted octanol–water partition coefficient (Wildman–Crippen LogP) is 5.00. The molecular weight excluding hydrogens is 932 g/mol. The highest BCUT2D eigenvalue weighted by Gasteiger charge is 2.35. The predicted molar refractivity (Wildman–Crippen MR) is 250 cm³/mol. The minimum absolute atomic E-state index is 0.0551. The molecular formula is C45H48Cl2N8O11S. The highest BCUT2D eigenvalue weighted by atomic mass is 35.5. The van der Waals surface area contributed by atoms with E-state index in [1.165, 1.54) is 17.0 Å². The van der Waals surface area contributed by atoms with E-state index >= 15 is 0 Å². The Morgan fingerprint density at radius 2 is 1.13 bits per heavy atom. The molecule has 7 rings (SSSR count). The van der Waals surface area contributed by atoms with E-state index in [4.69, 9.17) is 48.2 Å². The van der Waals surface area contributed by atoms with Gasteiger partial charge in [-0.15, -0.1) is 0 Å². The molecule has 4 N–H and O–H groups in total. The first-order valence-electron chi connectivity index (χ1n) is 20.9. The second kappa shape index (κ2) is 22.9. The van der Waals surface area contributed by atoms with Crippen molar-refractivity contribution in [2.45, 2.75) is 19.1 Å². The van der Waals surface area contributed by atoms with Gasteiger partial charge in [0.2, 0.25) is 0 Å². The lowest BCUT2D eigenvalue weighted by atomic mass is 10.1. The molecule has 0 saturated carbocycles. The first-order valence-corrected chi connectivity index (χ1v) is 23.4. The molecule has 3 saturated heterocycles. The van der Waals surface area contributed by atoms with Crippen LogP contribution in [0.1, 0.15) is 38.8 Å². The van der Waals surface area contributed by atoms with Gasteiger partial charge in [0.15, 0.2) is 0 Å². The van der Waals surface area contributed by atoms with Gasteiger partial charge in [-0.05, 0) is 91.9 Å². The third kappa shape index (κ3) is 14.5. The molecule has 22 heteroatoms. The van der Waals surface area contributed by atoms with Crippen LogP contribution in [0.15, 0.2) is 97.1 Å². The number of amidine groups is 2. The van der Waals surface area contributed by atoms with Gasteiger partial charge in [0.25, 0.3) is 21.9 Å². The van der Waals surface area contributed by atoms with Crippen LogP contribution in [0, 0.1) is 10.8 Å². The van der Waals surface area contributed by atoms with Crippen LogP contribution in [0.4, 0.5) is 21.0 Å². The summed E-state index contributed by atoms with van der Waals surface area (Å²) in [6.45, 7) is 6.45. The summed E-state index contributed by atoms with van der Waals surface area (Å²) >= 11 is 11.8. The van der Waals surface area contributed by atoms with Crippen LogP contribution < -0.4 is 20.4 Å². The monoisotopic (exact) mass is 978 g/mol. The quantitative estimate of drug-likeness (QED) is 0.0428. The number of carbonyl (C=O) groups excluding carboxylic acids is 5. The van der Waals surface area contributed by atoms with Gasteiger partial charge in [0.1, 0.15) is 30.5 Å². The van der Waals surface area contributed by atoms with Crippen molar-refractivity contribution in [2.24, 2.45) is 0 Å². The zero-order valence-electron chi connectivity index (χ0n) is 36.4. The molecule has 0 radical (unpaired) electrons. The van der Waals surface area contributed by atoms with Gasteiger partial charge in [-0.1, -0.05) is 35.3 Å². The van der Waals surface area contributed by atoms with E-state index in [1.807, 2.05) is 0 Å². The molecule has 67 heavy (non-hydrogen) atoms. The van der Waals surface area contributed by atoms with Crippen LogP contribution >= 0.6 is 23.2 Å². The Hall–Kier alpha value is -6.42. The fourth-order valence-electron chi connectivity index (χ4n) is 7.04. The molecule has 0 spiro atoms. The van der Waals surface area contributed by atoms with E-state index in [1.54, 1.807) is 96.8 Å². The van der Waals surface area contributed by atoms with Crippen LogP contribution in [-0.2, 0) is 33.3 Å². The number of nitrogens with zero attached hydrogens (tertiary/aromatic N) is 4. The number of halogens is 2. The molecule has 4 aromatic carbocycles. The Bertz CT molecular complexity index is 2600. The molecule has 0 bridgehead atoms. The summed E-state index contributed by atoms with van der Waals surface area (Å²) in [6.07, 6.45) is -1.11. The normalized spacial score (nSPS) is 17.4. The molecule has 3 aliphatic heterocycles. The Morgan fingerprint density at radius 1 is 0.687 bits per heavy atom. The fourth-order valence-corrected chi connectivity index (χ4v) is 7.82. The second-order valence-electron chi connectivity index (χ2n) is 15.4. The van der Waals surface area contributed by atoms with Gasteiger partial charge >= 0.3 is 18.2 Å². The first kappa shape index (κ1) is 50.0. The number of benzene rings is 4. The summed E-state index contributed by atoms with van der Waals surface area (Å²) in [7, 11) is -3.63. The number of hydrogen-bond acceptors (Lipinski definition) is 15. The molecule has 2 unspecified atom stereocenters. The third-order valence-electron chi connectivity index (χ3n) is 10.4. The maximum Gasteiger partial charge on any atom is 0.414 e. The third-order valence-corrected chi connectivity index (χ3v) is 11.4. The van der Waals surface area contributed by atoms with Crippen molar-refractivity contribution in [3.8, 4) is 0 Å². The molecule has 4 aromatic rings. The number of rotatable bonds is 14. The van der Waals surface area contributed by atoms with Crippen LogP contribution in [0.3, 0.4) is 0 Å². The average molecular weight is 980 g/mol. The minimum Gasteiger partial charge on any atom is -0.465 e. The molecule has 3 heterocycles. The lowest BCUT2D eigenvalue weighted by Crippen LogP contribution is -2.50. The molecule has 4 amide bonds. The molecule has 3 fully saturated rings. The number of piperazine rings is 1. The summed E-state index contributed by atoms with van der Waals surface area (Å²) < 4.78 is 42.5. The number of hydrogen-bond donors (Lipinski definition) is 4. The van der Waals surface area contributed by atoms with Crippen LogP contribution in [0.5, 0.6) is 0 Å². The summed E-state index contributed by atoms with van der Waals surface area (Å²) in [6, 6.07) is 26.0. The number of ether oxygens (including phenoxy) is 3. The van der Waals surface area contributed by atoms with E-state index < -0.39 is 40.2 Å². The number of esters is 1. The molecule has 2 atom stereocenters. The molecule has 354 valence electrons. The van der Waals surface area contributed by atoms with Crippen LogP contribution in [-0.4, -0.2) is 144 Å². The van der Waals surface area contributed by atoms with Crippen molar-refractivity contribution in [3.05, 3.63) is 129 Å². The topological polar surface area (TPSA) is 241 Å². The van der Waals surface area contributed by atoms with Gasteiger partial charge in [-0.25, -0.2) is 9.59 Å². The van der Waals surface area contributed by atoms with Crippen molar-refractivity contribution in [1.82, 2.24) is 20.4 Å². The number of cyclic esters (lactones) is 2. The molecule has 0 aromatic heterocycles. The van der Waals surface area contributed by atoms with Crippen molar-refractivity contribution in [1.29, 1.82) is 10.8 Å². The Balaban J connectivity index is 0.000000226. The SMILES string of the molecule is CCOC(=O)CN1CCN(CC2CN(c3ccc(C(=N)NC(=O)c4cccc(Cl)c4)cc3)C(=O)O2)CC1.CS(=O)(=O)OCC1CN(c2ccc(C(=N)NC(=O)c3cccc(Cl)c3)cc2)C(=O)O1. The van der Waals surface area contributed by atoms with Crippen molar-refractivity contribution in [3.63, 3.8) is 0 Å². The summed E-state index contributed by atoms with van der Waals surface area (Å²) in [5.41, 5.74) is 2.78. The fraction of sp³-hybridized carbons (Fsp3) is 0.311. The number of anilines is 2. The maximum atomic E-state index is 12.5. The largest absolute Gasteiger partial charge is 0.465 e. The summed E-state index contributed by atoms with van der Waals surface area (Å²) in [5.74, 6) is -1.27. The average Bonchev–Trinajstić information content (AvgIpc) is 3.86. The molecule has 3 aliphatic rings. The van der Waals surface area contributed by atoms with Crippen molar-refractivity contribution < 1.29 is 50.8 Å². The molecule has 0 aliphatic carbocycles. The highest BCUT2D eigenvalue weighted by molar-refractivity contribution is 7.86. The maximum absolute atomic E-state index is 12.5. The van der Waals surface area contributed by atoms with E-state index in [2.05, 4.69) is 24.6 Å². The molecule has 19 nitrogen and oxygen atoms in total. The Labute approximate surface area is 396 Å². The van der Waals surface area contributed by atoms with E-state index in [0.717, 1.165) is 32.4 Å². The number of amides is 4. The van der Waals surface area contributed by atoms with E-state index in [-0.39, 0.29) is 36.9 Å². The first-order chi connectivity index (χ1) is 31.9. The van der Waals surface area contributed by atoms with Gasteiger partial charge in [0.05, 0.1) is 32.5 Å². The second-order valence-corrected chi connectivity index (χ2v) is 17.9. The van der Waals surface area contributed by atoms with E-state index in [0.29, 0.717) is 69.9 Å². The number of carbonyl (C=O) groups is 5. The summed E-state index contributed by atoms with van der Waals surface area (Å²) in [4.78, 5) is 68.1. The standard InChI is InChI=1S/C26H30ClN5O5.C19H18ClN3O6S/c1-2-36-23(33)17-31-12-10-30(11-13-31)15-22-16-32(26(35)37-22)21-8-6-18(7-9-21)24(28)29-25(34)19-4-3-5-20(27)14-19;1-30(26,27)28-11-16-10-23(19(25)29-16)15-7-5-12(6-8-15)17(21)22-18(24)13-3-2-4-14(20)9-13/h3-9,14,22H,2,10-13,15-17H2,1H3,(H2,28,29,34);2-9,16H,10-11H2,1H3,(H2,21,22,24). The Kier molecular flexibility index (Phi) is 17.1. The number of nitrogens with one attached hydrogen (secondary N) is 4. The zero-order valence-corrected chi connectivity index (χ0v) is 38.7. The van der Waals surface area contributed by atoms with Gasteiger partial charge < -0.3 is 24.8 Å². The van der Waals surface area contributed by atoms with Crippen LogP contribution in [0.2, 0.25) is 10.0 Å². The van der Waals surface area contributed by atoms with Crippen LogP contribution in [0.25, 0.3) is 0 Å². The lowest BCUT2D eigenvalue weighted by molar-refractivity contribution is -0.144. The van der Waals surface area contributed by atoms with Crippen molar-refractivity contribution in [2.75, 3.05) is 81.6 Å². The van der Waals surface area contributed by atoms with Gasteiger partial charge in [-0.2, -0.15) is 8.42 Å². The summed E-state index contributed by atoms with van der Waals surface area (Å²) in [5, 5.41) is 22.2. The van der Waals surface area contributed by atoms with Crippen molar-refractivity contribution >= 4 is 86.3 Å². The highest BCUT2D eigenvalue weighted by Crippen LogP contribution is 2.25. The van der Waals surface area contributed by atoms with E-state index in [9.17, 15) is 32.4 Å².